The van der Waals surface area contributed by atoms with Crippen LogP contribution in [0, 0.1) is 11.3 Å². The molecule has 0 bridgehead atoms. The van der Waals surface area contributed by atoms with Crippen molar-refractivity contribution in [2.75, 3.05) is 0 Å². The lowest BCUT2D eigenvalue weighted by Crippen LogP contribution is -2.34. The fourth-order valence-corrected chi connectivity index (χ4v) is 4.36. The summed E-state index contributed by atoms with van der Waals surface area (Å²) in [4.78, 5) is 8.36. The quantitative estimate of drug-likeness (QED) is 0.692. The molecule has 0 aromatic carbocycles. The van der Waals surface area contributed by atoms with E-state index in [1.807, 2.05) is 0 Å². The van der Waals surface area contributed by atoms with E-state index in [2.05, 4.69) is 6.92 Å². The minimum atomic E-state index is -0.250. The molecule has 0 spiro atoms. The fraction of sp³-hybridized carbons (Fsp3) is 0.941. The second kappa shape index (κ2) is 9.39. The molecule has 0 amide bonds. The van der Waals surface area contributed by atoms with Gasteiger partial charge in [0.25, 0.3) is 6.47 Å². The van der Waals surface area contributed by atoms with Crippen LogP contribution in [-0.4, -0.2) is 11.6 Å². The second-order valence-electron chi connectivity index (χ2n) is 6.47. The largest absolute Gasteiger partial charge is 0.483 e. The van der Waals surface area contributed by atoms with Crippen molar-refractivity contribution in [1.82, 2.24) is 0 Å². The van der Waals surface area contributed by atoms with Gasteiger partial charge in [-0.2, -0.15) is 0 Å². The highest BCUT2D eigenvalue weighted by molar-refractivity contribution is 5.32. The van der Waals surface area contributed by atoms with Crippen molar-refractivity contribution >= 4 is 6.47 Å². The molecule has 2 saturated carbocycles. The first-order valence-corrected chi connectivity index (χ1v) is 8.37. The van der Waals surface area contributed by atoms with Gasteiger partial charge in [-0.25, -0.2) is 0 Å². The van der Waals surface area contributed by atoms with Gasteiger partial charge in [0.05, 0.1) is 0 Å². The maximum absolute atomic E-state index is 8.36. The summed E-state index contributed by atoms with van der Waals surface area (Å²) in [7, 11) is 0. The Morgan fingerprint density at radius 2 is 1.58 bits per heavy atom. The molecule has 2 rings (SSSR count). The van der Waals surface area contributed by atoms with Crippen molar-refractivity contribution in [3.63, 3.8) is 0 Å². The molecular formula is C17H32O2. The van der Waals surface area contributed by atoms with E-state index in [-0.39, 0.29) is 6.47 Å². The number of rotatable bonds is 4. The van der Waals surface area contributed by atoms with E-state index < -0.39 is 0 Å². The number of unbranched alkanes of at least 4 members (excludes halogenated alkanes) is 1. The molecule has 2 aliphatic carbocycles. The third-order valence-electron chi connectivity index (χ3n) is 5.35. The minimum Gasteiger partial charge on any atom is -0.483 e. The molecule has 0 aromatic rings. The zero-order chi connectivity index (χ0) is 14.0. The van der Waals surface area contributed by atoms with Gasteiger partial charge in [-0.15, -0.1) is 0 Å². The molecule has 2 fully saturated rings. The first-order valence-electron chi connectivity index (χ1n) is 8.37. The molecule has 2 nitrogen and oxygen atoms in total. The van der Waals surface area contributed by atoms with Crippen LogP contribution in [0.15, 0.2) is 0 Å². The summed E-state index contributed by atoms with van der Waals surface area (Å²) >= 11 is 0. The molecule has 0 aliphatic heterocycles. The van der Waals surface area contributed by atoms with E-state index in [9.17, 15) is 0 Å². The van der Waals surface area contributed by atoms with Crippen LogP contribution in [0.4, 0.5) is 0 Å². The maximum atomic E-state index is 8.36. The molecule has 19 heavy (non-hydrogen) atoms. The summed E-state index contributed by atoms with van der Waals surface area (Å²) in [6.07, 6.45) is 19.8. The average Bonchev–Trinajstić information content (AvgIpc) is 2.48. The SMILES string of the molecule is CCCCC1(C2CCCCC2)CCCCC1.O=CO. The van der Waals surface area contributed by atoms with Gasteiger partial charge in [0.1, 0.15) is 0 Å². The fourth-order valence-electron chi connectivity index (χ4n) is 4.36. The van der Waals surface area contributed by atoms with Crippen LogP contribution < -0.4 is 0 Å². The Morgan fingerprint density at radius 1 is 1.05 bits per heavy atom. The van der Waals surface area contributed by atoms with E-state index >= 15 is 0 Å². The Labute approximate surface area is 119 Å². The van der Waals surface area contributed by atoms with E-state index in [0.29, 0.717) is 0 Å². The summed E-state index contributed by atoms with van der Waals surface area (Å²) in [6, 6.07) is 0. The Bertz CT molecular complexity index is 225. The van der Waals surface area contributed by atoms with Crippen LogP contribution in [-0.2, 0) is 4.79 Å². The Kier molecular flexibility index (Phi) is 8.16. The van der Waals surface area contributed by atoms with Crippen LogP contribution >= 0.6 is 0 Å². The molecule has 112 valence electrons. The van der Waals surface area contributed by atoms with Crippen molar-refractivity contribution in [3.05, 3.63) is 0 Å². The summed E-state index contributed by atoms with van der Waals surface area (Å²) in [5.41, 5.74) is 0.800. The van der Waals surface area contributed by atoms with Crippen LogP contribution in [0.5, 0.6) is 0 Å². The molecular weight excluding hydrogens is 236 g/mol. The van der Waals surface area contributed by atoms with Crippen molar-refractivity contribution < 1.29 is 9.90 Å². The Morgan fingerprint density at radius 3 is 2.11 bits per heavy atom. The van der Waals surface area contributed by atoms with E-state index in [1.54, 1.807) is 32.1 Å². The number of hydrogen-bond donors (Lipinski definition) is 1. The molecule has 2 aliphatic rings. The summed E-state index contributed by atoms with van der Waals surface area (Å²) in [6.45, 7) is 2.11. The van der Waals surface area contributed by atoms with Crippen LogP contribution in [0.2, 0.25) is 0 Å². The van der Waals surface area contributed by atoms with Gasteiger partial charge >= 0.3 is 0 Å². The van der Waals surface area contributed by atoms with Gasteiger partial charge in [0.15, 0.2) is 0 Å². The van der Waals surface area contributed by atoms with Gasteiger partial charge in [-0.3, -0.25) is 4.79 Å². The van der Waals surface area contributed by atoms with Crippen LogP contribution in [0.3, 0.4) is 0 Å². The van der Waals surface area contributed by atoms with Crippen LogP contribution in [0.25, 0.3) is 0 Å². The summed E-state index contributed by atoms with van der Waals surface area (Å²) < 4.78 is 0. The second-order valence-corrected chi connectivity index (χ2v) is 6.47. The minimum absolute atomic E-state index is 0.250. The average molecular weight is 268 g/mol. The summed E-state index contributed by atoms with van der Waals surface area (Å²) in [5.74, 6) is 1.10. The standard InChI is InChI=1S/C16H30.CH2O2/c1-2-3-12-16(13-8-5-9-14-16)15-10-6-4-7-11-15;2-1-3/h15H,2-14H2,1H3;1H,(H,2,3). The monoisotopic (exact) mass is 268 g/mol. The molecule has 1 N–H and O–H groups in total. The highest BCUT2D eigenvalue weighted by Crippen LogP contribution is 2.51. The van der Waals surface area contributed by atoms with Gasteiger partial charge in [0, 0.05) is 0 Å². The van der Waals surface area contributed by atoms with Gasteiger partial charge in [0.2, 0.25) is 0 Å². The van der Waals surface area contributed by atoms with E-state index in [1.165, 1.54) is 51.4 Å². The lowest BCUT2D eigenvalue weighted by atomic mass is 9.60. The normalized spacial score (nSPS) is 23.2. The molecule has 0 aromatic heterocycles. The first kappa shape index (κ1) is 16.5. The highest BCUT2D eigenvalue weighted by atomic mass is 16.3. The molecule has 0 radical (unpaired) electrons. The zero-order valence-corrected chi connectivity index (χ0v) is 12.7. The van der Waals surface area contributed by atoms with Gasteiger partial charge in [-0.1, -0.05) is 58.3 Å². The number of hydrogen-bond acceptors (Lipinski definition) is 1. The van der Waals surface area contributed by atoms with Gasteiger partial charge < -0.3 is 5.11 Å². The molecule has 0 heterocycles. The lowest BCUT2D eigenvalue weighted by molar-refractivity contribution is -0.122. The summed E-state index contributed by atoms with van der Waals surface area (Å²) in [5, 5.41) is 6.89. The van der Waals surface area contributed by atoms with E-state index in [4.69, 9.17) is 9.90 Å². The zero-order valence-electron chi connectivity index (χ0n) is 12.7. The Hall–Kier alpha value is -0.530. The first-order chi connectivity index (χ1) is 9.29. The Balaban J connectivity index is 0.000000550. The topological polar surface area (TPSA) is 37.3 Å². The third kappa shape index (κ3) is 5.16. The van der Waals surface area contributed by atoms with Crippen molar-refractivity contribution in [3.8, 4) is 0 Å². The predicted octanol–water partition coefficient (Wildman–Crippen LogP) is 5.41. The van der Waals surface area contributed by atoms with Crippen molar-refractivity contribution in [2.24, 2.45) is 11.3 Å². The number of carboxylic acid groups (broad SMARTS) is 1. The van der Waals surface area contributed by atoms with Crippen molar-refractivity contribution in [2.45, 2.75) is 90.4 Å². The highest BCUT2D eigenvalue weighted by Gasteiger charge is 2.38. The molecule has 0 atom stereocenters. The van der Waals surface area contributed by atoms with Gasteiger partial charge in [-0.05, 0) is 43.4 Å². The molecule has 0 saturated heterocycles. The lowest BCUT2D eigenvalue weighted by Gasteiger charge is -2.46. The smallest absolute Gasteiger partial charge is 0.290 e. The van der Waals surface area contributed by atoms with Crippen molar-refractivity contribution in [1.29, 1.82) is 0 Å². The number of carbonyl (C=O) groups is 1. The molecule has 0 unspecified atom stereocenters. The maximum Gasteiger partial charge on any atom is 0.290 e. The van der Waals surface area contributed by atoms with Crippen LogP contribution in [0.1, 0.15) is 90.4 Å². The molecule has 2 heteroatoms. The third-order valence-corrected chi connectivity index (χ3v) is 5.35. The predicted molar refractivity (Wildman–Crippen MR) is 80.3 cm³/mol. The van der Waals surface area contributed by atoms with E-state index in [0.717, 1.165) is 11.3 Å².